The summed E-state index contributed by atoms with van der Waals surface area (Å²) in [6.45, 7) is 7.20. The first-order valence-corrected chi connectivity index (χ1v) is 5.56. The van der Waals surface area contributed by atoms with E-state index in [4.69, 9.17) is 10.5 Å². The Morgan fingerprint density at radius 3 is 2.47 bits per heavy atom. The van der Waals surface area contributed by atoms with Crippen LogP contribution >= 0.6 is 0 Å². The molecule has 1 amide bonds. The van der Waals surface area contributed by atoms with Crippen LogP contribution in [0.3, 0.4) is 0 Å². The number of hydrogen-bond donors (Lipinski definition) is 1. The summed E-state index contributed by atoms with van der Waals surface area (Å²) in [5.74, 6) is 0.122. The van der Waals surface area contributed by atoms with E-state index in [2.05, 4.69) is 13.8 Å². The van der Waals surface area contributed by atoms with Crippen LogP contribution in [0.4, 0.5) is 0 Å². The van der Waals surface area contributed by atoms with E-state index in [1.54, 1.807) is 7.11 Å². The van der Waals surface area contributed by atoms with Gasteiger partial charge in [-0.25, -0.2) is 0 Å². The fraction of sp³-hybridized carbons (Fsp3) is 0.909. The number of methoxy groups -OCH3 is 1. The summed E-state index contributed by atoms with van der Waals surface area (Å²) in [5.41, 5.74) is 5.62. The predicted molar refractivity (Wildman–Crippen MR) is 61.6 cm³/mol. The molecule has 4 nitrogen and oxygen atoms in total. The molecule has 0 aliphatic rings. The second kappa shape index (κ2) is 7.65. The highest BCUT2D eigenvalue weighted by molar-refractivity contribution is 5.77. The van der Waals surface area contributed by atoms with Crippen LogP contribution < -0.4 is 5.73 Å². The lowest BCUT2D eigenvalue weighted by molar-refractivity contribution is -0.134. The fourth-order valence-corrected chi connectivity index (χ4v) is 1.39. The Morgan fingerprint density at radius 2 is 2.07 bits per heavy atom. The van der Waals surface area contributed by atoms with Crippen molar-refractivity contribution in [3.05, 3.63) is 0 Å². The molecule has 0 rings (SSSR count). The lowest BCUT2D eigenvalue weighted by atomic mass is 10.1. The molecule has 0 spiro atoms. The summed E-state index contributed by atoms with van der Waals surface area (Å²) in [6, 6.07) is 0.179. The van der Waals surface area contributed by atoms with E-state index in [1.807, 2.05) is 11.8 Å². The van der Waals surface area contributed by atoms with Crippen molar-refractivity contribution >= 4 is 5.91 Å². The smallest absolute Gasteiger partial charge is 0.224 e. The number of nitrogens with zero attached hydrogens (tertiary/aromatic N) is 1. The topological polar surface area (TPSA) is 55.6 Å². The third kappa shape index (κ3) is 5.74. The molecule has 0 radical (unpaired) electrons. The molecule has 0 aromatic rings. The van der Waals surface area contributed by atoms with Gasteiger partial charge in [0.05, 0.1) is 6.61 Å². The monoisotopic (exact) mass is 216 g/mol. The molecular weight excluding hydrogens is 192 g/mol. The second-order valence-corrected chi connectivity index (χ2v) is 4.02. The van der Waals surface area contributed by atoms with Crippen molar-refractivity contribution < 1.29 is 9.53 Å². The van der Waals surface area contributed by atoms with Crippen LogP contribution in [-0.2, 0) is 9.53 Å². The third-order valence-corrected chi connectivity index (χ3v) is 2.48. The highest BCUT2D eigenvalue weighted by Gasteiger charge is 2.19. The number of nitrogens with two attached hydrogens (primary N) is 1. The molecule has 4 heteroatoms. The number of rotatable bonds is 7. The number of hydrogen-bond acceptors (Lipinski definition) is 3. The van der Waals surface area contributed by atoms with Gasteiger partial charge in [0.15, 0.2) is 0 Å². The van der Waals surface area contributed by atoms with Gasteiger partial charge in [0.1, 0.15) is 0 Å². The zero-order valence-corrected chi connectivity index (χ0v) is 10.3. The summed E-state index contributed by atoms with van der Waals surface area (Å²) in [6.07, 6.45) is 1.36. The minimum absolute atomic E-state index is 0.0772. The Kier molecular flexibility index (Phi) is 7.34. The van der Waals surface area contributed by atoms with Crippen molar-refractivity contribution in [1.82, 2.24) is 4.90 Å². The molecule has 0 heterocycles. The minimum atomic E-state index is -0.0772. The van der Waals surface area contributed by atoms with E-state index >= 15 is 0 Å². The van der Waals surface area contributed by atoms with Crippen LogP contribution in [0.25, 0.3) is 0 Å². The summed E-state index contributed by atoms with van der Waals surface area (Å²) < 4.78 is 5.00. The van der Waals surface area contributed by atoms with Gasteiger partial charge in [-0.2, -0.15) is 0 Å². The predicted octanol–water partition coefficient (Wildman–Crippen LogP) is 0.997. The van der Waals surface area contributed by atoms with Gasteiger partial charge in [-0.15, -0.1) is 0 Å². The van der Waals surface area contributed by atoms with E-state index < -0.39 is 0 Å². The van der Waals surface area contributed by atoms with E-state index in [0.29, 0.717) is 19.6 Å². The van der Waals surface area contributed by atoms with Crippen LogP contribution in [0.15, 0.2) is 0 Å². The first-order chi connectivity index (χ1) is 7.02. The summed E-state index contributed by atoms with van der Waals surface area (Å²) >= 11 is 0. The maximum absolute atomic E-state index is 11.9. The van der Waals surface area contributed by atoms with Gasteiger partial charge in [0.25, 0.3) is 0 Å². The van der Waals surface area contributed by atoms with Crippen molar-refractivity contribution in [2.24, 2.45) is 5.73 Å². The standard InChI is InChI=1S/C11H24N2O2/c1-5-10(3)13(6-7-15-4)11(14)8-9(2)12/h9-10H,5-8,12H2,1-4H3. The fourth-order valence-electron chi connectivity index (χ4n) is 1.39. The van der Waals surface area contributed by atoms with Gasteiger partial charge in [0.2, 0.25) is 5.91 Å². The maximum Gasteiger partial charge on any atom is 0.224 e. The van der Waals surface area contributed by atoms with Gasteiger partial charge in [-0.3, -0.25) is 4.79 Å². The van der Waals surface area contributed by atoms with E-state index in [9.17, 15) is 4.79 Å². The van der Waals surface area contributed by atoms with Gasteiger partial charge in [0, 0.05) is 32.2 Å². The van der Waals surface area contributed by atoms with Gasteiger partial charge in [-0.05, 0) is 20.3 Å². The summed E-state index contributed by atoms with van der Waals surface area (Å²) in [7, 11) is 1.64. The summed E-state index contributed by atoms with van der Waals surface area (Å²) in [5, 5.41) is 0. The molecule has 0 aliphatic heterocycles. The Morgan fingerprint density at radius 1 is 1.47 bits per heavy atom. The van der Waals surface area contributed by atoms with Crippen molar-refractivity contribution in [3.8, 4) is 0 Å². The van der Waals surface area contributed by atoms with Crippen LogP contribution in [0.1, 0.15) is 33.6 Å². The van der Waals surface area contributed by atoms with E-state index in [0.717, 1.165) is 6.42 Å². The number of amides is 1. The quantitative estimate of drug-likeness (QED) is 0.690. The lowest BCUT2D eigenvalue weighted by Gasteiger charge is -2.29. The molecule has 2 atom stereocenters. The van der Waals surface area contributed by atoms with Crippen molar-refractivity contribution in [3.63, 3.8) is 0 Å². The Bertz CT molecular complexity index is 183. The van der Waals surface area contributed by atoms with Crippen molar-refractivity contribution in [2.45, 2.75) is 45.7 Å². The van der Waals surface area contributed by atoms with E-state index in [1.165, 1.54) is 0 Å². The average Bonchev–Trinajstić information content (AvgIpc) is 2.16. The molecule has 0 aromatic heterocycles. The van der Waals surface area contributed by atoms with Crippen molar-refractivity contribution in [2.75, 3.05) is 20.3 Å². The second-order valence-electron chi connectivity index (χ2n) is 4.02. The van der Waals surface area contributed by atoms with Crippen molar-refractivity contribution in [1.29, 1.82) is 0 Å². The Balaban J connectivity index is 4.26. The van der Waals surface area contributed by atoms with Crippen LogP contribution in [0.5, 0.6) is 0 Å². The van der Waals surface area contributed by atoms with Gasteiger partial charge >= 0.3 is 0 Å². The van der Waals surface area contributed by atoms with E-state index in [-0.39, 0.29) is 18.0 Å². The van der Waals surface area contributed by atoms with Crippen LogP contribution in [-0.4, -0.2) is 43.2 Å². The highest BCUT2D eigenvalue weighted by atomic mass is 16.5. The molecule has 2 N–H and O–H groups in total. The molecular formula is C11H24N2O2. The highest BCUT2D eigenvalue weighted by Crippen LogP contribution is 2.06. The Hall–Kier alpha value is -0.610. The molecule has 0 bridgehead atoms. The lowest BCUT2D eigenvalue weighted by Crippen LogP contribution is -2.42. The number of carbonyl (C=O) groups is 1. The first kappa shape index (κ1) is 14.4. The largest absolute Gasteiger partial charge is 0.383 e. The molecule has 2 unspecified atom stereocenters. The minimum Gasteiger partial charge on any atom is -0.383 e. The molecule has 0 aromatic carbocycles. The average molecular weight is 216 g/mol. The molecule has 0 aliphatic carbocycles. The Labute approximate surface area is 92.8 Å². The SMILES string of the molecule is CCC(C)N(CCOC)C(=O)CC(C)N. The number of carbonyl (C=O) groups excluding carboxylic acids is 1. The van der Waals surface area contributed by atoms with Gasteiger partial charge in [-0.1, -0.05) is 6.92 Å². The third-order valence-electron chi connectivity index (χ3n) is 2.48. The molecule has 15 heavy (non-hydrogen) atoms. The number of ether oxygens (including phenoxy) is 1. The van der Waals surface area contributed by atoms with Crippen LogP contribution in [0.2, 0.25) is 0 Å². The maximum atomic E-state index is 11.9. The molecule has 0 fully saturated rings. The normalized spacial score (nSPS) is 14.7. The zero-order chi connectivity index (χ0) is 11.8. The zero-order valence-electron chi connectivity index (χ0n) is 10.3. The molecule has 0 saturated carbocycles. The molecule has 90 valence electrons. The molecule has 0 saturated heterocycles. The first-order valence-electron chi connectivity index (χ1n) is 5.56. The van der Waals surface area contributed by atoms with Crippen LogP contribution in [0, 0.1) is 0 Å². The van der Waals surface area contributed by atoms with Gasteiger partial charge < -0.3 is 15.4 Å². The summed E-state index contributed by atoms with van der Waals surface area (Å²) in [4.78, 5) is 13.7.